The number of nitrogens with one attached hydrogen (secondary N) is 1. The van der Waals surface area contributed by atoms with Crippen molar-refractivity contribution < 1.29 is 5.11 Å². The molecule has 1 unspecified atom stereocenters. The van der Waals surface area contributed by atoms with E-state index in [2.05, 4.69) is 10.3 Å². The van der Waals surface area contributed by atoms with Crippen molar-refractivity contribution in [3.8, 4) is 0 Å². The molecule has 0 spiro atoms. The summed E-state index contributed by atoms with van der Waals surface area (Å²) >= 11 is 0. The summed E-state index contributed by atoms with van der Waals surface area (Å²) in [4.78, 5) is 5.40. The number of hydrogen-bond donors (Lipinski definition) is 2. The largest absolute Gasteiger partial charge is 0.340 e. The number of hydrogen-bond acceptors (Lipinski definition) is 4. The highest BCUT2D eigenvalue weighted by Gasteiger charge is 2.26. The number of nitrogens with zero attached hydrogens (tertiary/aromatic N) is 2. The van der Waals surface area contributed by atoms with Crippen LogP contribution in [-0.4, -0.2) is 36.3 Å². The molecule has 0 amide bonds. The monoisotopic (exact) mass is 141 g/mol. The van der Waals surface area contributed by atoms with Crippen LogP contribution in [0.25, 0.3) is 0 Å². The first-order chi connectivity index (χ1) is 4.65. The molecule has 1 aliphatic rings. The maximum Gasteiger partial charge on any atom is 0.299 e. The SMILES string of the molecule is CN(C)C1(O)N=CC=CN1. The highest BCUT2D eigenvalue weighted by atomic mass is 16.3. The molecule has 2 N–H and O–H groups in total. The summed E-state index contributed by atoms with van der Waals surface area (Å²) < 4.78 is 0. The van der Waals surface area contributed by atoms with Crippen LogP contribution >= 0.6 is 0 Å². The number of aliphatic hydroxyl groups is 1. The zero-order chi connectivity index (χ0) is 7.61. The Hall–Kier alpha value is -0.870. The van der Waals surface area contributed by atoms with Crippen LogP contribution in [0.3, 0.4) is 0 Å². The fourth-order valence-electron chi connectivity index (χ4n) is 0.632. The average molecular weight is 141 g/mol. The third-order valence-electron chi connectivity index (χ3n) is 1.34. The minimum Gasteiger partial charge on any atom is -0.340 e. The topological polar surface area (TPSA) is 47.9 Å². The second-order valence-electron chi connectivity index (χ2n) is 2.31. The van der Waals surface area contributed by atoms with E-state index in [9.17, 15) is 5.11 Å². The first kappa shape index (κ1) is 7.24. The van der Waals surface area contributed by atoms with E-state index in [1.165, 1.54) is 0 Å². The molecular weight excluding hydrogens is 130 g/mol. The molecular formula is C6H11N3O. The minimum atomic E-state index is -1.26. The van der Waals surface area contributed by atoms with Crippen LogP contribution in [0.15, 0.2) is 17.3 Å². The highest BCUT2D eigenvalue weighted by molar-refractivity contribution is 5.72. The van der Waals surface area contributed by atoms with Gasteiger partial charge in [0.25, 0.3) is 5.97 Å². The van der Waals surface area contributed by atoms with Crippen LogP contribution in [0.1, 0.15) is 0 Å². The maximum atomic E-state index is 9.51. The molecule has 1 heterocycles. The van der Waals surface area contributed by atoms with Gasteiger partial charge in [0.15, 0.2) is 0 Å². The minimum absolute atomic E-state index is 1.26. The smallest absolute Gasteiger partial charge is 0.299 e. The van der Waals surface area contributed by atoms with Crippen LogP contribution in [0.2, 0.25) is 0 Å². The lowest BCUT2D eigenvalue weighted by Gasteiger charge is -2.31. The number of aliphatic imine (C=N–C) groups is 1. The zero-order valence-corrected chi connectivity index (χ0v) is 6.07. The quantitative estimate of drug-likeness (QED) is 0.476. The van der Waals surface area contributed by atoms with Gasteiger partial charge < -0.3 is 10.4 Å². The molecule has 0 saturated heterocycles. The summed E-state index contributed by atoms with van der Waals surface area (Å²) in [6, 6.07) is 0. The number of allylic oxidation sites excluding steroid dienone is 1. The first-order valence-electron chi connectivity index (χ1n) is 3.03. The predicted octanol–water partition coefficient (Wildman–Crippen LogP) is -0.661. The maximum absolute atomic E-state index is 9.51. The summed E-state index contributed by atoms with van der Waals surface area (Å²) in [7, 11) is 3.48. The van der Waals surface area contributed by atoms with E-state index in [1.54, 1.807) is 37.5 Å². The van der Waals surface area contributed by atoms with E-state index in [1.807, 2.05) is 0 Å². The van der Waals surface area contributed by atoms with Crippen LogP contribution in [-0.2, 0) is 0 Å². The summed E-state index contributed by atoms with van der Waals surface area (Å²) in [5, 5.41) is 12.2. The summed E-state index contributed by atoms with van der Waals surface area (Å²) in [5.74, 6) is -1.26. The Morgan fingerprint density at radius 3 is 2.60 bits per heavy atom. The van der Waals surface area contributed by atoms with Crippen molar-refractivity contribution in [3.05, 3.63) is 12.3 Å². The third-order valence-corrected chi connectivity index (χ3v) is 1.34. The molecule has 0 bridgehead atoms. The lowest BCUT2D eigenvalue weighted by atomic mass is 10.5. The third kappa shape index (κ3) is 1.17. The van der Waals surface area contributed by atoms with Gasteiger partial charge in [-0.15, -0.1) is 0 Å². The van der Waals surface area contributed by atoms with Gasteiger partial charge in [0.2, 0.25) is 0 Å². The Bertz CT molecular complexity index is 176. The Morgan fingerprint density at radius 2 is 2.30 bits per heavy atom. The standard InChI is InChI=1S/C6H11N3O/c1-9(2)6(10)7-4-3-5-8-6/h3-5,7,10H,1-2H3. The lowest BCUT2D eigenvalue weighted by Crippen LogP contribution is -2.53. The van der Waals surface area contributed by atoms with Gasteiger partial charge in [0.1, 0.15) is 0 Å². The number of rotatable bonds is 1. The molecule has 0 aromatic rings. The fourth-order valence-corrected chi connectivity index (χ4v) is 0.632. The Kier molecular flexibility index (Phi) is 1.74. The van der Waals surface area contributed by atoms with Crippen LogP contribution in [0.5, 0.6) is 0 Å². The van der Waals surface area contributed by atoms with Crippen molar-refractivity contribution in [1.29, 1.82) is 0 Å². The van der Waals surface area contributed by atoms with Gasteiger partial charge in [0, 0.05) is 12.4 Å². The molecule has 0 aromatic heterocycles. The second kappa shape index (κ2) is 2.40. The Labute approximate surface area is 59.9 Å². The van der Waals surface area contributed by atoms with Gasteiger partial charge in [-0.1, -0.05) is 0 Å². The van der Waals surface area contributed by atoms with E-state index < -0.39 is 5.97 Å². The van der Waals surface area contributed by atoms with Crippen LogP contribution in [0, 0.1) is 0 Å². The van der Waals surface area contributed by atoms with Crippen molar-refractivity contribution >= 4 is 6.21 Å². The van der Waals surface area contributed by atoms with Crippen molar-refractivity contribution in [3.63, 3.8) is 0 Å². The summed E-state index contributed by atoms with van der Waals surface area (Å²) in [6.45, 7) is 0. The van der Waals surface area contributed by atoms with Crippen molar-refractivity contribution in [2.24, 2.45) is 4.99 Å². The van der Waals surface area contributed by atoms with Gasteiger partial charge in [-0.3, -0.25) is 0 Å². The molecule has 1 atom stereocenters. The van der Waals surface area contributed by atoms with Gasteiger partial charge >= 0.3 is 0 Å². The molecule has 0 aliphatic carbocycles. The second-order valence-corrected chi connectivity index (χ2v) is 2.31. The van der Waals surface area contributed by atoms with Crippen molar-refractivity contribution in [2.45, 2.75) is 5.97 Å². The van der Waals surface area contributed by atoms with E-state index >= 15 is 0 Å². The first-order valence-corrected chi connectivity index (χ1v) is 3.03. The van der Waals surface area contributed by atoms with Crippen molar-refractivity contribution in [1.82, 2.24) is 10.2 Å². The predicted molar refractivity (Wildman–Crippen MR) is 39.4 cm³/mol. The molecule has 56 valence electrons. The van der Waals surface area contributed by atoms with Crippen molar-refractivity contribution in [2.75, 3.05) is 14.1 Å². The van der Waals surface area contributed by atoms with Gasteiger partial charge in [-0.2, -0.15) is 0 Å². The van der Waals surface area contributed by atoms with E-state index in [0.717, 1.165) is 0 Å². The van der Waals surface area contributed by atoms with Crippen LogP contribution in [0.4, 0.5) is 0 Å². The van der Waals surface area contributed by atoms with E-state index in [-0.39, 0.29) is 0 Å². The molecule has 1 rings (SSSR count). The average Bonchev–Trinajstić information content (AvgIpc) is 1.89. The zero-order valence-electron chi connectivity index (χ0n) is 6.07. The molecule has 4 heteroatoms. The summed E-state index contributed by atoms with van der Waals surface area (Å²) in [5.41, 5.74) is 0. The Balaban J connectivity index is 2.70. The molecule has 0 aromatic carbocycles. The summed E-state index contributed by atoms with van der Waals surface area (Å²) in [6.07, 6.45) is 4.92. The van der Waals surface area contributed by atoms with E-state index in [4.69, 9.17) is 0 Å². The normalized spacial score (nSPS) is 30.8. The van der Waals surface area contributed by atoms with Gasteiger partial charge in [-0.25, -0.2) is 9.89 Å². The van der Waals surface area contributed by atoms with Gasteiger partial charge in [0.05, 0.1) is 0 Å². The Morgan fingerprint density at radius 1 is 1.60 bits per heavy atom. The fraction of sp³-hybridized carbons (Fsp3) is 0.500. The molecule has 0 radical (unpaired) electrons. The van der Waals surface area contributed by atoms with Crippen LogP contribution < -0.4 is 5.32 Å². The van der Waals surface area contributed by atoms with Gasteiger partial charge in [-0.05, 0) is 20.2 Å². The highest BCUT2D eigenvalue weighted by Crippen LogP contribution is 2.06. The molecule has 4 nitrogen and oxygen atoms in total. The molecule has 1 aliphatic heterocycles. The molecule has 0 fully saturated rings. The lowest BCUT2D eigenvalue weighted by molar-refractivity contribution is -0.0926. The molecule has 0 saturated carbocycles. The van der Waals surface area contributed by atoms with E-state index in [0.29, 0.717) is 0 Å². The molecule has 10 heavy (non-hydrogen) atoms.